The SMILES string of the molecule is COC(=O)C1(C(=O)N2CCC(F)(F)CC2)CC1. The number of nitrogens with zero attached hydrogens (tertiary/aromatic N) is 1. The highest BCUT2D eigenvalue weighted by molar-refractivity contribution is 6.05. The first-order chi connectivity index (χ1) is 7.91. The first-order valence-electron chi connectivity index (χ1n) is 5.67. The second-order valence-electron chi connectivity index (χ2n) is 4.72. The van der Waals surface area contributed by atoms with Crippen LogP contribution in [0, 0.1) is 5.41 Å². The molecule has 0 radical (unpaired) electrons. The molecule has 0 N–H and O–H groups in total. The first kappa shape index (κ1) is 12.3. The summed E-state index contributed by atoms with van der Waals surface area (Å²) in [5, 5.41) is 0. The summed E-state index contributed by atoms with van der Waals surface area (Å²) in [5.74, 6) is -3.57. The van der Waals surface area contributed by atoms with Crippen molar-refractivity contribution in [2.75, 3.05) is 20.2 Å². The van der Waals surface area contributed by atoms with Crippen molar-refractivity contribution in [1.29, 1.82) is 0 Å². The number of halogens is 2. The van der Waals surface area contributed by atoms with Crippen LogP contribution < -0.4 is 0 Å². The van der Waals surface area contributed by atoms with Crippen molar-refractivity contribution >= 4 is 11.9 Å². The van der Waals surface area contributed by atoms with E-state index in [1.54, 1.807) is 0 Å². The lowest BCUT2D eigenvalue weighted by Crippen LogP contribution is -2.47. The monoisotopic (exact) mass is 247 g/mol. The van der Waals surface area contributed by atoms with Gasteiger partial charge in [0.2, 0.25) is 5.91 Å². The molecule has 0 spiro atoms. The largest absolute Gasteiger partial charge is 0.468 e. The molecule has 0 bridgehead atoms. The van der Waals surface area contributed by atoms with Gasteiger partial charge in [0.15, 0.2) is 0 Å². The van der Waals surface area contributed by atoms with E-state index in [2.05, 4.69) is 4.74 Å². The Morgan fingerprint density at radius 3 is 2.06 bits per heavy atom. The molecule has 0 unspecified atom stereocenters. The van der Waals surface area contributed by atoms with Crippen LogP contribution in [0.15, 0.2) is 0 Å². The van der Waals surface area contributed by atoms with Crippen LogP contribution in [0.5, 0.6) is 0 Å². The maximum Gasteiger partial charge on any atom is 0.321 e. The van der Waals surface area contributed by atoms with Crippen molar-refractivity contribution in [2.24, 2.45) is 5.41 Å². The number of esters is 1. The van der Waals surface area contributed by atoms with E-state index in [1.165, 1.54) is 12.0 Å². The van der Waals surface area contributed by atoms with Gasteiger partial charge in [0, 0.05) is 25.9 Å². The predicted octanol–water partition coefficient (Wildman–Crippen LogP) is 1.20. The minimum Gasteiger partial charge on any atom is -0.468 e. The molecule has 1 saturated heterocycles. The molecule has 6 heteroatoms. The second-order valence-corrected chi connectivity index (χ2v) is 4.72. The summed E-state index contributed by atoms with van der Waals surface area (Å²) in [4.78, 5) is 24.9. The number of ether oxygens (including phenoxy) is 1. The fourth-order valence-corrected chi connectivity index (χ4v) is 2.17. The zero-order valence-electron chi connectivity index (χ0n) is 9.67. The van der Waals surface area contributed by atoms with E-state index in [-0.39, 0.29) is 31.8 Å². The lowest BCUT2D eigenvalue weighted by atomic mass is 10.0. The van der Waals surface area contributed by atoms with Gasteiger partial charge < -0.3 is 9.64 Å². The van der Waals surface area contributed by atoms with E-state index >= 15 is 0 Å². The van der Waals surface area contributed by atoms with E-state index in [0.29, 0.717) is 12.8 Å². The van der Waals surface area contributed by atoms with Gasteiger partial charge in [0.25, 0.3) is 5.92 Å². The quantitative estimate of drug-likeness (QED) is 0.544. The lowest BCUT2D eigenvalue weighted by molar-refractivity contribution is -0.158. The number of methoxy groups -OCH3 is 1. The van der Waals surface area contributed by atoms with Crippen molar-refractivity contribution < 1.29 is 23.1 Å². The standard InChI is InChI=1S/C11H15F2NO3/c1-17-9(16)10(2-3-10)8(15)14-6-4-11(12,13)5-7-14/h2-7H2,1H3. The number of hydrogen-bond acceptors (Lipinski definition) is 3. The number of piperidine rings is 1. The number of alkyl halides is 2. The number of hydrogen-bond donors (Lipinski definition) is 0. The molecule has 0 aromatic carbocycles. The van der Waals surface area contributed by atoms with Gasteiger partial charge in [0.05, 0.1) is 7.11 Å². The summed E-state index contributed by atoms with van der Waals surface area (Å²) in [7, 11) is 1.24. The summed E-state index contributed by atoms with van der Waals surface area (Å²) in [6.45, 7) is 0.0369. The average molecular weight is 247 g/mol. The summed E-state index contributed by atoms with van der Waals surface area (Å²) < 4.78 is 30.5. The summed E-state index contributed by atoms with van der Waals surface area (Å²) in [5.41, 5.74) is -1.07. The van der Waals surface area contributed by atoms with Crippen LogP contribution in [0.1, 0.15) is 25.7 Å². The van der Waals surface area contributed by atoms with Crippen LogP contribution in [0.4, 0.5) is 8.78 Å². The highest BCUT2D eigenvalue weighted by Gasteiger charge is 2.59. The lowest BCUT2D eigenvalue weighted by Gasteiger charge is -2.33. The molecule has 17 heavy (non-hydrogen) atoms. The van der Waals surface area contributed by atoms with Gasteiger partial charge in [0.1, 0.15) is 5.41 Å². The molecule has 2 aliphatic rings. The molecule has 0 aromatic heterocycles. The Morgan fingerprint density at radius 1 is 1.12 bits per heavy atom. The van der Waals surface area contributed by atoms with Gasteiger partial charge in [-0.3, -0.25) is 9.59 Å². The Bertz CT molecular complexity index is 343. The van der Waals surface area contributed by atoms with Gasteiger partial charge in [-0.25, -0.2) is 8.78 Å². The molecular formula is C11H15F2NO3. The Balaban J connectivity index is 2.00. The van der Waals surface area contributed by atoms with E-state index in [9.17, 15) is 18.4 Å². The maximum atomic E-state index is 12.9. The third-order valence-corrected chi connectivity index (χ3v) is 3.52. The van der Waals surface area contributed by atoms with E-state index in [0.717, 1.165) is 0 Å². The number of carbonyl (C=O) groups excluding carboxylic acids is 2. The zero-order chi connectivity index (χ0) is 12.7. The van der Waals surface area contributed by atoms with Crippen LogP contribution in [0.2, 0.25) is 0 Å². The fraction of sp³-hybridized carbons (Fsp3) is 0.818. The van der Waals surface area contributed by atoms with E-state index in [1.807, 2.05) is 0 Å². The van der Waals surface area contributed by atoms with Crippen LogP contribution >= 0.6 is 0 Å². The average Bonchev–Trinajstić information content (AvgIpc) is 3.08. The number of carbonyl (C=O) groups is 2. The molecule has 2 fully saturated rings. The van der Waals surface area contributed by atoms with Crippen molar-refractivity contribution in [3.05, 3.63) is 0 Å². The summed E-state index contributed by atoms with van der Waals surface area (Å²) in [6, 6.07) is 0. The Labute approximate surface area is 97.9 Å². The molecular weight excluding hydrogens is 232 g/mol. The Hall–Kier alpha value is -1.20. The van der Waals surface area contributed by atoms with Gasteiger partial charge in [-0.2, -0.15) is 0 Å². The highest BCUT2D eigenvalue weighted by atomic mass is 19.3. The molecule has 0 aromatic rings. The van der Waals surface area contributed by atoms with Crippen LogP contribution in [-0.2, 0) is 14.3 Å². The van der Waals surface area contributed by atoms with Gasteiger partial charge >= 0.3 is 5.97 Å². The molecule has 1 saturated carbocycles. The molecule has 0 atom stereocenters. The zero-order valence-corrected chi connectivity index (χ0v) is 9.67. The van der Waals surface area contributed by atoms with Crippen LogP contribution in [0.3, 0.4) is 0 Å². The molecule has 1 aliphatic heterocycles. The molecule has 2 rings (SSSR count). The molecule has 1 aliphatic carbocycles. The minimum atomic E-state index is -2.68. The second kappa shape index (κ2) is 3.92. The topological polar surface area (TPSA) is 46.6 Å². The number of amides is 1. The first-order valence-corrected chi connectivity index (χ1v) is 5.67. The Kier molecular flexibility index (Phi) is 2.83. The predicted molar refractivity (Wildman–Crippen MR) is 54.4 cm³/mol. The molecule has 96 valence electrons. The van der Waals surface area contributed by atoms with Gasteiger partial charge in [-0.1, -0.05) is 0 Å². The van der Waals surface area contributed by atoms with Gasteiger partial charge in [-0.15, -0.1) is 0 Å². The van der Waals surface area contributed by atoms with Crippen molar-refractivity contribution in [3.8, 4) is 0 Å². The van der Waals surface area contributed by atoms with Crippen molar-refractivity contribution in [1.82, 2.24) is 4.90 Å². The molecule has 4 nitrogen and oxygen atoms in total. The number of likely N-dealkylation sites (tertiary alicyclic amines) is 1. The maximum absolute atomic E-state index is 12.9. The third kappa shape index (κ3) is 2.12. The Morgan fingerprint density at radius 2 is 1.65 bits per heavy atom. The van der Waals surface area contributed by atoms with E-state index < -0.39 is 17.3 Å². The third-order valence-electron chi connectivity index (χ3n) is 3.52. The normalized spacial score (nSPS) is 25.2. The summed E-state index contributed by atoms with van der Waals surface area (Å²) in [6.07, 6.45) is 0.281. The van der Waals surface area contributed by atoms with Crippen LogP contribution in [0.25, 0.3) is 0 Å². The summed E-state index contributed by atoms with van der Waals surface area (Å²) >= 11 is 0. The van der Waals surface area contributed by atoms with Crippen molar-refractivity contribution in [2.45, 2.75) is 31.6 Å². The van der Waals surface area contributed by atoms with Crippen LogP contribution in [-0.4, -0.2) is 42.9 Å². The smallest absolute Gasteiger partial charge is 0.321 e. The fourth-order valence-electron chi connectivity index (χ4n) is 2.17. The molecule has 1 amide bonds. The van der Waals surface area contributed by atoms with Gasteiger partial charge in [-0.05, 0) is 12.8 Å². The van der Waals surface area contributed by atoms with Crippen molar-refractivity contribution in [3.63, 3.8) is 0 Å². The number of rotatable bonds is 2. The van der Waals surface area contributed by atoms with E-state index in [4.69, 9.17) is 0 Å². The molecule has 1 heterocycles. The minimum absolute atomic E-state index is 0.0184. The highest BCUT2D eigenvalue weighted by Crippen LogP contribution is 2.48.